The maximum atomic E-state index is 14.4. The van der Waals surface area contributed by atoms with E-state index >= 15 is 0 Å². The second-order valence-electron chi connectivity index (χ2n) is 5.54. The first-order valence-corrected chi connectivity index (χ1v) is 8.61. The summed E-state index contributed by atoms with van der Waals surface area (Å²) in [5.74, 6) is -1.93. The van der Waals surface area contributed by atoms with E-state index in [1.54, 1.807) is 0 Å². The van der Waals surface area contributed by atoms with Crippen LogP contribution in [0.4, 0.5) is 4.39 Å². The second kappa shape index (κ2) is 8.40. The van der Waals surface area contributed by atoms with Gasteiger partial charge in [0.1, 0.15) is 5.82 Å². The van der Waals surface area contributed by atoms with Gasteiger partial charge in [0.25, 0.3) is 0 Å². The van der Waals surface area contributed by atoms with Crippen LogP contribution < -0.4 is 11.4 Å². The topological polar surface area (TPSA) is 87.6 Å². The van der Waals surface area contributed by atoms with Crippen molar-refractivity contribution in [2.75, 3.05) is 0 Å². The Morgan fingerprint density at radius 2 is 1.89 bits per heavy atom. The number of oxime groups is 1. The van der Waals surface area contributed by atoms with Crippen LogP contribution >= 0.6 is 23.8 Å². The highest BCUT2D eigenvalue weighted by atomic mass is 35.5. The van der Waals surface area contributed by atoms with Crippen molar-refractivity contribution in [1.29, 1.82) is 0 Å². The van der Waals surface area contributed by atoms with E-state index in [1.165, 1.54) is 20.3 Å². The van der Waals surface area contributed by atoms with Crippen molar-refractivity contribution >= 4 is 36.0 Å². The lowest BCUT2D eigenvalue weighted by Gasteiger charge is -2.12. The van der Waals surface area contributed by atoms with Gasteiger partial charge >= 0.3 is 17.3 Å². The van der Waals surface area contributed by atoms with Gasteiger partial charge < -0.3 is 4.84 Å². The number of rotatable bonds is 5. The first-order chi connectivity index (χ1) is 12.7. The fourth-order valence-corrected chi connectivity index (χ4v) is 2.54. The van der Waals surface area contributed by atoms with Gasteiger partial charge in [-0.05, 0) is 30.8 Å². The normalized spacial score (nSPS) is 11.1. The van der Waals surface area contributed by atoms with Crippen molar-refractivity contribution in [3.05, 3.63) is 54.3 Å². The molecular weight excluding hydrogens is 399 g/mol. The molecule has 2 rings (SSSR count). The van der Waals surface area contributed by atoms with Crippen LogP contribution in [0, 0.1) is 10.6 Å². The summed E-state index contributed by atoms with van der Waals surface area (Å²) in [5, 5.41) is 3.25. The number of benzene rings is 1. The molecule has 2 aromatic rings. The molecule has 1 heterocycles. The largest absolute Gasteiger partial charge is 0.367 e. The maximum Gasteiger partial charge on any atom is 0.367 e. The molecule has 0 spiro atoms. The first-order valence-electron chi connectivity index (χ1n) is 7.82. The molecular formula is C16H16ClFN4O4S. The van der Waals surface area contributed by atoms with E-state index in [0.717, 1.165) is 27.7 Å². The van der Waals surface area contributed by atoms with Gasteiger partial charge in [0.2, 0.25) is 0 Å². The Kier molecular flexibility index (Phi) is 6.45. The highest BCUT2D eigenvalue weighted by molar-refractivity contribution is 7.71. The fourth-order valence-electron chi connectivity index (χ4n) is 2.16. The molecule has 0 N–H and O–H groups in total. The number of halogens is 2. The average Bonchev–Trinajstić information content (AvgIpc) is 2.63. The molecule has 0 saturated carbocycles. The molecule has 1 aromatic carbocycles. The molecule has 0 aliphatic carbocycles. The van der Waals surface area contributed by atoms with Gasteiger partial charge in [-0.2, -0.15) is 0 Å². The Bertz CT molecular complexity index is 1060. The van der Waals surface area contributed by atoms with Gasteiger partial charge in [-0.15, -0.1) is 0 Å². The lowest BCUT2D eigenvalue weighted by atomic mass is 10.2. The minimum Gasteiger partial charge on any atom is -0.313 e. The third-order valence-electron chi connectivity index (χ3n) is 3.66. The summed E-state index contributed by atoms with van der Waals surface area (Å²) in [6, 6.07) is 1.78. The Morgan fingerprint density at radius 3 is 2.44 bits per heavy atom. The number of hydrogen-bond donors (Lipinski definition) is 0. The minimum absolute atomic E-state index is 0.0412. The Balaban J connectivity index is 2.65. The van der Waals surface area contributed by atoms with Gasteiger partial charge in [-0.1, -0.05) is 30.1 Å². The quantitative estimate of drug-likeness (QED) is 0.324. The van der Waals surface area contributed by atoms with Crippen LogP contribution in [0.5, 0.6) is 0 Å². The molecule has 27 heavy (non-hydrogen) atoms. The Hall–Kier alpha value is -2.59. The highest BCUT2D eigenvalue weighted by Crippen LogP contribution is 2.23. The molecule has 0 radical (unpaired) electrons. The molecule has 0 fully saturated rings. The third-order valence-corrected chi connectivity index (χ3v) is 4.52. The van der Waals surface area contributed by atoms with Crippen molar-refractivity contribution in [2.24, 2.45) is 19.3 Å². The van der Waals surface area contributed by atoms with E-state index < -0.39 is 28.9 Å². The summed E-state index contributed by atoms with van der Waals surface area (Å²) < 4.78 is 17.0. The average molecular weight is 415 g/mol. The summed E-state index contributed by atoms with van der Waals surface area (Å²) in [6.07, 6.45) is 2.81. The predicted molar refractivity (Wildman–Crippen MR) is 101 cm³/mol. The second-order valence-corrected chi connectivity index (χ2v) is 6.31. The number of carbonyl (C=O) groups excluding carboxylic acids is 1. The molecule has 1 aromatic heterocycles. The van der Waals surface area contributed by atoms with Crippen LogP contribution in [0.25, 0.3) is 5.69 Å². The molecule has 0 saturated heterocycles. The van der Waals surface area contributed by atoms with Crippen molar-refractivity contribution in [3.8, 4) is 5.69 Å². The summed E-state index contributed by atoms with van der Waals surface area (Å²) in [5.41, 5.74) is -2.45. The summed E-state index contributed by atoms with van der Waals surface area (Å²) in [4.78, 5) is 41.7. The Labute approximate surface area is 163 Å². The minimum atomic E-state index is -0.970. The molecule has 0 aliphatic rings. The van der Waals surface area contributed by atoms with Crippen molar-refractivity contribution in [2.45, 2.75) is 19.8 Å². The lowest BCUT2D eigenvalue weighted by Crippen LogP contribution is -2.43. The van der Waals surface area contributed by atoms with E-state index in [2.05, 4.69) is 5.16 Å². The van der Waals surface area contributed by atoms with Crippen molar-refractivity contribution < 1.29 is 14.0 Å². The van der Waals surface area contributed by atoms with Crippen molar-refractivity contribution in [1.82, 2.24) is 13.7 Å². The van der Waals surface area contributed by atoms with E-state index in [-0.39, 0.29) is 15.4 Å². The van der Waals surface area contributed by atoms with Crippen LogP contribution in [0.3, 0.4) is 0 Å². The fraction of sp³-hybridized carbons (Fsp3) is 0.312. The van der Waals surface area contributed by atoms with Crippen LogP contribution in [-0.4, -0.2) is 25.9 Å². The molecule has 8 nitrogen and oxygen atoms in total. The van der Waals surface area contributed by atoms with E-state index in [0.29, 0.717) is 11.0 Å². The number of unbranched alkanes of at least 4 members (excludes halogenated alkanes) is 1. The summed E-state index contributed by atoms with van der Waals surface area (Å²) >= 11 is 10.9. The number of nitrogens with zero attached hydrogens (tertiary/aromatic N) is 4. The monoisotopic (exact) mass is 414 g/mol. The molecule has 0 amide bonds. The van der Waals surface area contributed by atoms with E-state index in [4.69, 9.17) is 28.7 Å². The van der Waals surface area contributed by atoms with Crippen LogP contribution in [-0.2, 0) is 18.9 Å². The smallest absolute Gasteiger partial charge is 0.313 e. The number of carbonyl (C=O) groups is 1. The standard InChI is InChI=1S/C16H16ClFN4O4S/c1-4-5-6-19-26-13(23)9-7-12(11(18)8-10(9)17)22-14(24)20(2)16(27)21(3)15(22)25/h6-8H,4-5H2,1-3H3. The van der Waals surface area contributed by atoms with Crippen molar-refractivity contribution in [3.63, 3.8) is 0 Å². The number of hydrogen-bond acceptors (Lipinski definition) is 6. The maximum absolute atomic E-state index is 14.4. The lowest BCUT2D eigenvalue weighted by molar-refractivity contribution is 0.0518. The predicted octanol–water partition coefficient (Wildman–Crippen LogP) is 2.34. The Morgan fingerprint density at radius 1 is 1.30 bits per heavy atom. The molecule has 0 unspecified atom stereocenters. The molecule has 0 bridgehead atoms. The zero-order valence-electron chi connectivity index (χ0n) is 14.7. The zero-order chi connectivity index (χ0) is 20.3. The van der Waals surface area contributed by atoms with Gasteiger partial charge in [-0.3, -0.25) is 9.13 Å². The van der Waals surface area contributed by atoms with Crippen LogP contribution in [0.1, 0.15) is 30.1 Å². The molecule has 144 valence electrons. The van der Waals surface area contributed by atoms with Crippen LogP contribution in [0.15, 0.2) is 26.9 Å². The van der Waals surface area contributed by atoms with Gasteiger partial charge in [0.05, 0.1) is 16.3 Å². The molecule has 11 heteroatoms. The summed E-state index contributed by atoms with van der Waals surface area (Å²) in [6.45, 7) is 1.92. The van der Waals surface area contributed by atoms with Crippen LogP contribution in [0.2, 0.25) is 5.02 Å². The molecule has 0 atom stereocenters. The van der Waals surface area contributed by atoms with Gasteiger partial charge in [0.15, 0.2) is 4.77 Å². The van der Waals surface area contributed by atoms with Gasteiger partial charge in [-0.25, -0.2) is 23.3 Å². The SMILES string of the molecule is CCCC=NOC(=O)c1cc(-n2c(=O)n(C)c(=S)n(C)c2=O)c(F)cc1Cl. The highest BCUT2D eigenvalue weighted by Gasteiger charge is 2.20. The third kappa shape index (κ3) is 4.06. The van der Waals surface area contributed by atoms with E-state index in [9.17, 15) is 18.8 Å². The summed E-state index contributed by atoms with van der Waals surface area (Å²) in [7, 11) is 2.68. The van der Waals surface area contributed by atoms with E-state index in [1.807, 2.05) is 6.92 Å². The van der Waals surface area contributed by atoms with Gasteiger partial charge in [0, 0.05) is 20.3 Å². The number of aromatic nitrogens is 3. The zero-order valence-corrected chi connectivity index (χ0v) is 16.3. The first kappa shape index (κ1) is 20.7. The molecule has 0 aliphatic heterocycles.